The summed E-state index contributed by atoms with van der Waals surface area (Å²) in [5, 5.41) is 0.487. The highest BCUT2D eigenvalue weighted by molar-refractivity contribution is 6.33. The third kappa shape index (κ3) is 1.48. The Morgan fingerprint density at radius 1 is 1.50 bits per heavy atom. The van der Waals surface area contributed by atoms with E-state index in [4.69, 9.17) is 22.1 Å². The van der Waals surface area contributed by atoms with E-state index in [1.807, 2.05) is 0 Å². The van der Waals surface area contributed by atoms with Crippen LogP contribution in [0.5, 0.6) is 0 Å². The number of hydrogen-bond donors (Lipinski definition) is 1. The summed E-state index contributed by atoms with van der Waals surface area (Å²) in [5.41, 5.74) is 6.80. The Balaban J connectivity index is 2.32. The molecule has 14 heavy (non-hydrogen) atoms. The molecule has 0 bridgehead atoms. The Morgan fingerprint density at radius 2 is 2.29 bits per heavy atom. The molecule has 1 aliphatic heterocycles. The van der Waals surface area contributed by atoms with Gasteiger partial charge in [0, 0.05) is 5.69 Å². The van der Waals surface area contributed by atoms with Crippen LogP contribution < -0.4 is 10.6 Å². The molecular formula is C9H9ClN2O2. The average Bonchev–Trinajstić information content (AvgIpc) is 2.57. The van der Waals surface area contributed by atoms with Gasteiger partial charge in [0.15, 0.2) is 0 Å². The van der Waals surface area contributed by atoms with Crippen LogP contribution in [0.1, 0.15) is 0 Å². The molecule has 0 aliphatic carbocycles. The van der Waals surface area contributed by atoms with Crippen LogP contribution in [0.4, 0.5) is 16.2 Å². The molecule has 2 rings (SSSR count). The molecule has 1 aromatic carbocycles. The van der Waals surface area contributed by atoms with Crippen molar-refractivity contribution in [1.29, 1.82) is 0 Å². The highest BCUT2D eigenvalue weighted by atomic mass is 35.5. The highest BCUT2D eigenvalue weighted by Crippen LogP contribution is 2.26. The summed E-state index contributed by atoms with van der Waals surface area (Å²) in [6, 6.07) is 5.07. The molecule has 4 nitrogen and oxygen atoms in total. The van der Waals surface area contributed by atoms with Crippen molar-refractivity contribution < 1.29 is 9.53 Å². The van der Waals surface area contributed by atoms with Crippen LogP contribution >= 0.6 is 11.6 Å². The van der Waals surface area contributed by atoms with Crippen molar-refractivity contribution >= 4 is 29.1 Å². The van der Waals surface area contributed by atoms with Crippen molar-refractivity contribution in [3.8, 4) is 0 Å². The number of nitrogen functional groups attached to an aromatic ring is 1. The first-order chi connectivity index (χ1) is 6.68. The highest BCUT2D eigenvalue weighted by Gasteiger charge is 2.23. The predicted molar refractivity (Wildman–Crippen MR) is 54.6 cm³/mol. The predicted octanol–water partition coefficient (Wildman–Crippen LogP) is 1.88. The summed E-state index contributed by atoms with van der Waals surface area (Å²) in [5.74, 6) is 0. The van der Waals surface area contributed by atoms with Gasteiger partial charge in [0.25, 0.3) is 0 Å². The zero-order chi connectivity index (χ0) is 10.1. The Labute approximate surface area is 86.2 Å². The first-order valence-electron chi connectivity index (χ1n) is 4.18. The van der Waals surface area contributed by atoms with Crippen molar-refractivity contribution in [3.63, 3.8) is 0 Å². The summed E-state index contributed by atoms with van der Waals surface area (Å²) < 4.78 is 4.80. The minimum absolute atomic E-state index is 0.341. The number of amides is 1. The van der Waals surface area contributed by atoms with Gasteiger partial charge in [-0.05, 0) is 18.2 Å². The fraction of sp³-hybridized carbons (Fsp3) is 0.222. The minimum atomic E-state index is -0.341. The molecule has 1 saturated heterocycles. The van der Waals surface area contributed by atoms with Crippen LogP contribution in [0.25, 0.3) is 0 Å². The number of hydrogen-bond acceptors (Lipinski definition) is 3. The van der Waals surface area contributed by atoms with Gasteiger partial charge < -0.3 is 10.5 Å². The van der Waals surface area contributed by atoms with Crippen LogP contribution in [-0.2, 0) is 4.74 Å². The molecule has 2 N–H and O–H groups in total. The largest absolute Gasteiger partial charge is 0.447 e. The third-order valence-electron chi connectivity index (χ3n) is 2.05. The standard InChI is InChI=1S/C9H9ClN2O2/c10-7-2-1-6(5-8(7)11)12-3-4-14-9(12)13/h1-2,5H,3-4,11H2. The molecule has 1 heterocycles. The van der Waals surface area contributed by atoms with Crippen molar-refractivity contribution in [2.24, 2.45) is 0 Å². The quantitative estimate of drug-likeness (QED) is 0.724. The summed E-state index contributed by atoms with van der Waals surface area (Å²) in [6.07, 6.45) is -0.341. The van der Waals surface area contributed by atoms with Gasteiger partial charge >= 0.3 is 6.09 Å². The van der Waals surface area contributed by atoms with Crippen LogP contribution in [0, 0.1) is 0 Å². The van der Waals surface area contributed by atoms with E-state index in [0.29, 0.717) is 23.9 Å². The van der Waals surface area contributed by atoms with Crippen molar-refractivity contribution in [3.05, 3.63) is 23.2 Å². The smallest absolute Gasteiger partial charge is 0.414 e. The lowest BCUT2D eigenvalue weighted by Gasteiger charge is -2.13. The zero-order valence-electron chi connectivity index (χ0n) is 7.37. The molecule has 5 heteroatoms. The molecule has 0 aromatic heterocycles. The lowest BCUT2D eigenvalue weighted by molar-refractivity contribution is 0.181. The van der Waals surface area contributed by atoms with Gasteiger partial charge in [-0.1, -0.05) is 11.6 Å². The first kappa shape index (κ1) is 9.15. The SMILES string of the molecule is Nc1cc(N2CCOC2=O)ccc1Cl. The Hall–Kier alpha value is -1.42. The minimum Gasteiger partial charge on any atom is -0.447 e. The van der Waals surface area contributed by atoms with Crippen LogP contribution in [-0.4, -0.2) is 19.2 Å². The van der Waals surface area contributed by atoms with Crippen molar-refractivity contribution in [1.82, 2.24) is 0 Å². The number of carbonyl (C=O) groups is 1. The number of anilines is 2. The second-order valence-electron chi connectivity index (χ2n) is 2.97. The average molecular weight is 213 g/mol. The van der Waals surface area contributed by atoms with Gasteiger partial charge in [-0.15, -0.1) is 0 Å². The van der Waals surface area contributed by atoms with Crippen LogP contribution in [0.3, 0.4) is 0 Å². The number of halogens is 1. The molecule has 1 aromatic rings. The number of carbonyl (C=O) groups excluding carboxylic acids is 1. The number of rotatable bonds is 1. The van der Waals surface area contributed by atoms with Crippen molar-refractivity contribution in [2.45, 2.75) is 0 Å². The van der Waals surface area contributed by atoms with Gasteiger partial charge in [-0.25, -0.2) is 4.79 Å². The number of nitrogens with zero attached hydrogens (tertiary/aromatic N) is 1. The van der Waals surface area contributed by atoms with E-state index in [2.05, 4.69) is 0 Å². The number of ether oxygens (including phenoxy) is 1. The molecule has 74 valence electrons. The van der Waals surface area contributed by atoms with Gasteiger partial charge in [-0.2, -0.15) is 0 Å². The normalized spacial score (nSPS) is 15.8. The summed E-state index contributed by atoms with van der Waals surface area (Å²) >= 11 is 5.76. The fourth-order valence-corrected chi connectivity index (χ4v) is 1.44. The zero-order valence-corrected chi connectivity index (χ0v) is 8.12. The lowest BCUT2D eigenvalue weighted by atomic mass is 10.2. The number of benzene rings is 1. The molecule has 1 fully saturated rings. The molecule has 0 unspecified atom stereocenters. The van der Waals surface area contributed by atoms with Gasteiger partial charge in [0.05, 0.1) is 17.3 Å². The number of nitrogens with two attached hydrogens (primary N) is 1. The Morgan fingerprint density at radius 3 is 2.86 bits per heavy atom. The maximum atomic E-state index is 11.2. The maximum Gasteiger partial charge on any atom is 0.414 e. The Kier molecular flexibility index (Phi) is 2.21. The molecule has 0 spiro atoms. The maximum absolute atomic E-state index is 11.2. The summed E-state index contributed by atoms with van der Waals surface area (Å²) in [6.45, 7) is 0.973. The summed E-state index contributed by atoms with van der Waals surface area (Å²) in [7, 11) is 0. The van der Waals surface area contributed by atoms with E-state index in [1.54, 1.807) is 18.2 Å². The molecular weight excluding hydrogens is 204 g/mol. The molecule has 0 atom stereocenters. The molecule has 1 amide bonds. The fourth-order valence-electron chi connectivity index (χ4n) is 1.33. The Bertz CT molecular complexity index is 381. The second-order valence-corrected chi connectivity index (χ2v) is 3.38. The first-order valence-corrected chi connectivity index (χ1v) is 4.55. The van der Waals surface area contributed by atoms with E-state index in [9.17, 15) is 4.79 Å². The number of cyclic esters (lactones) is 1. The van der Waals surface area contributed by atoms with Crippen molar-refractivity contribution in [2.75, 3.05) is 23.8 Å². The molecule has 1 aliphatic rings. The second kappa shape index (κ2) is 3.38. The lowest BCUT2D eigenvalue weighted by Crippen LogP contribution is -2.23. The van der Waals surface area contributed by atoms with Gasteiger partial charge in [0.2, 0.25) is 0 Å². The van der Waals surface area contributed by atoms with Crippen LogP contribution in [0.2, 0.25) is 5.02 Å². The van der Waals surface area contributed by atoms with Crippen LogP contribution in [0.15, 0.2) is 18.2 Å². The van der Waals surface area contributed by atoms with E-state index in [1.165, 1.54) is 4.90 Å². The van der Waals surface area contributed by atoms with Gasteiger partial charge in [-0.3, -0.25) is 4.90 Å². The monoisotopic (exact) mass is 212 g/mol. The van der Waals surface area contributed by atoms with E-state index in [0.717, 1.165) is 5.69 Å². The topological polar surface area (TPSA) is 55.6 Å². The van der Waals surface area contributed by atoms with E-state index >= 15 is 0 Å². The molecule has 0 saturated carbocycles. The van der Waals surface area contributed by atoms with Gasteiger partial charge in [0.1, 0.15) is 6.61 Å². The van der Waals surface area contributed by atoms with E-state index < -0.39 is 0 Å². The third-order valence-corrected chi connectivity index (χ3v) is 2.40. The molecule has 0 radical (unpaired) electrons. The summed E-state index contributed by atoms with van der Waals surface area (Å²) in [4.78, 5) is 12.7. The van der Waals surface area contributed by atoms with E-state index in [-0.39, 0.29) is 6.09 Å².